The minimum atomic E-state index is 0.0549. The van der Waals surface area contributed by atoms with Crippen LogP contribution in [0.25, 0.3) is 22.7 Å². The van der Waals surface area contributed by atoms with Gasteiger partial charge in [0.25, 0.3) is 5.91 Å². The maximum atomic E-state index is 13.0. The van der Waals surface area contributed by atoms with Crippen LogP contribution < -0.4 is 5.73 Å². The first-order valence-corrected chi connectivity index (χ1v) is 10.9. The Morgan fingerprint density at radius 1 is 1.27 bits per heavy atom. The summed E-state index contributed by atoms with van der Waals surface area (Å²) < 4.78 is 2.14. The number of hydrogen-bond donors (Lipinski definition) is 1. The summed E-state index contributed by atoms with van der Waals surface area (Å²) in [6.45, 7) is 3.62. The van der Waals surface area contributed by atoms with Crippen LogP contribution in [0.1, 0.15) is 52.6 Å². The van der Waals surface area contributed by atoms with Crippen LogP contribution in [0.15, 0.2) is 36.4 Å². The Labute approximate surface area is 177 Å². The lowest BCUT2D eigenvalue weighted by molar-refractivity contribution is 0.0709. The number of nitrogens with two attached hydrogens (primary N) is 1. The molecule has 5 nitrogen and oxygen atoms in total. The number of fused-ring (bicyclic) bond motifs is 2. The molecule has 0 saturated carbocycles. The number of carbonyl (C=O) groups is 1. The van der Waals surface area contributed by atoms with Crippen LogP contribution in [0.5, 0.6) is 0 Å². The number of likely N-dealkylation sites (tertiary alicyclic amines) is 1. The number of piperidine rings is 1. The van der Waals surface area contributed by atoms with Crippen molar-refractivity contribution in [2.24, 2.45) is 12.8 Å². The number of benzene rings is 2. The molecule has 5 heteroatoms. The number of allylic oxidation sites excluding steroid dienone is 1. The van der Waals surface area contributed by atoms with Crippen molar-refractivity contribution in [3.8, 4) is 0 Å². The van der Waals surface area contributed by atoms with Gasteiger partial charge in [-0.3, -0.25) is 4.79 Å². The lowest BCUT2D eigenvalue weighted by Gasteiger charge is -2.30. The predicted molar refractivity (Wildman–Crippen MR) is 121 cm³/mol. The fraction of sp³-hybridized carbons (Fsp3) is 0.360. The Morgan fingerprint density at radius 2 is 2.13 bits per heavy atom. The summed E-state index contributed by atoms with van der Waals surface area (Å²) in [4.78, 5) is 19.8. The van der Waals surface area contributed by atoms with Gasteiger partial charge < -0.3 is 15.2 Å². The van der Waals surface area contributed by atoms with Crippen LogP contribution >= 0.6 is 0 Å². The average Bonchev–Trinajstić information content (AvgIpc) is 3.33. The molecule has 1 amide bonds. The first kappa shape index (κ1) is 19.1. The molecule has 1 aromatic heterocycles. The molecule has 1 saturated heterocycles. The van der Waals surface area contributed by atoms with Gasteiger partial charge in [-0.05, 0) is 60.2 Å². The molecular formula is C25H28N4O. The van der Waals surface area contributed by atoms with E-state index >= 15 is 0 Å². The SMILES string of the molecule is CCc1cccc2c1CC(c1nc3cc(C(=O)N4CCC[C@@H](N)C4)ccc3n1C)=C2. The first-order chi connectivity index (χ1) is 14.5. The van der Waals surface area contributed by atoms with E-state index in [1.54, 1.807) is 0 Å². The van der Waals surface area contributed by atoms with E-state index < -0.39 is 0 Å². The molecule has 0 radical (unpaired) electrons. The highest BCUT2D eigenvalue weighted by Gasteiger charge is 2.24. The van der Waals surface area contributed by atoms with Crippen LogP contribution in [0, 0.1) is 0 Å². The largest absolute Gasteiger partial charge is 0.337 e. The van der Waals surface area contributed by atoms with Gasteiger partial charge in [0.05, 0.1) is 11.0 Å². The second-order valence-electron chi connectivity index (χ2n) is 8.54. The Bertz CT molecular complexity index is 1170. The van der Waals surface area contributed by atoms with Gasteiger partial charge in [0.2, 0.25) is 0 Å². The molecule has 0 unspecified atom stereocenters. The highest BCUT2D eigenvalue weighted by Crippen LogP contribution is 2.34. The standard InChI is InChI=1S/C25H28N4O/c1-3-16-6-4-7-17-12-19(13-21(16)17)24-27-22-14-18(9-10-23(22)28(24)2)25(30)29-11-5-8-20(26)15-29/h4,6-7,9-10,12,14,20H,3,5,8,11,13,15,26H2,1-2H3/t20-/m1/s1. The minimum Gasteiger partial charge on any atom is -0.337 e. The molecule has 1 aliphatic heterocycles. The average molecular weight is 401 g/mol. The van der Waals surface area contributed by atoms with Crippen molar-refractivity contribution in [1.82, 2.24) is 14.5 Å². The Kier molecular flexibility index (Phi) is 4.70. The first-order valence-electron chi connectivity index (χ1n) is 10.9. The van der Waals surface area contributed by atoms with Gasteiger partial charge in [-0.1, -0.05) is 25.1 Å². The summed E-state index contributed by atoms with van der Waals surface area (Å²) in [5.74, 6) is 1.03. The van der Waals surface area contributed by atoms with E-state index in [0.717, 1.165) is 49.1 Å². The van der Waals surface area contributed by atoms with E-state index in [0.29, 0.717) is 12.1 Å². The molecule has 2 aliphatic rings. The van der Waals surface area contributed by atoms with E-state index in [4.69, 9.17) is 10.7 Å². The monoisotopic (exact) mass is 400 g/mol. The number of carbonyl (C=O) groups excluding carboxylic acids is 1. The van der Waals surface area contributed by atoms with Crippen molar-refractivity contribution >= 4 is 28.6 Å². The molecule has 5 rings (SSSR count). The number of nitrogens with zero attached hydrogens (tertiary/aromatic N) is 3. The van der Waals surface area contributed by atoms with Gasteiger partial charge in [0, 0.05) is 43.7 Å². The number of amides is 1. The zero-order chi connectivity index (χ0) is 20.8. The molecule has 1 aliphatic carbocycles. The molecule has 30 heavy (non-hydrogen) atoms. The Hall–Kier alpha value is -2.92. The van der Waals surface area contributed by atoms with E-state index in [9.17, 15) is 4.79 Å². The van der Waals surface area contributed by atoms with Crippen molar-refractivity contribution in [2.45, 2.75) is 38.6 Å². The fourth-order valence-corrected chi connectivity index (χ4v) is 4.91. The van der Waals surface area contributed by atoms with Gasteiger partial charge in [0.1, 0.15) is 5.82 Å². The lowest BCUT2D eigenvalue weighted by Crippen LogP contribution is -2.45. The van der Waals surface area contributed by atoms with Crippen molar-refractivity contribution in [3.05, 3.63) is 64.5 Å². The third-order valence-electron chi connectivity index (χ3n) is 6.55. The van der Waals surface area contributed by atoms with Crippen molar-refractivity contribution < 1.29 is 4.79 Å². The van der Waals surface area contributed by atoms with E-state index in [1.165, 1.54) is 22.3 Å². The van der Waals surface area contributed by atoms with Gasteiger partial charge in [0.15, 0.2) is 0 Å². The zero-order valence-corrected chi connectivity index (χ0v) is 17.7. The van der Waals surface area contributed by atoms with Crippen LogP contribution in [-0.2, 0) is 19.9 Å². The van der Waals surface area contributed by atoms with E-state index in [2.05, 4.69) is 42.8 Å². The number of rotatable bonds is 3. The predicted octanol–water partition coefficient (Wildman–Crippen LogP) is 3.80. The Morgan fingerprint density at radius 3 is 2.93 bits per heavy atom. The topological polar surface area (TPSA) is 64.2 Å². The zero-order valence-electron chi connectivity index (χ0n) is 17.7. The quantitative estimate of drug-likeness (QED) is 0.727. The minimum absolute atomic E-state index is 0.0549. The number of hydrogen-bond acceptors (Lipinski definition) is 3. The summed E-state index contributed by atoms with van der Waals surface area (Å²) in [7, 11) is 2.06. The van der Waals surface area contributed by atoms with Crippen molar-refractivity contribution in [3.63, 3.8) is 0 Å². The van der Waals surface area contributed by atoms with Gasteiger partial charge in [-0.2, -0.15) is 0 Å². The van der Waals surface area contributed by atoms with Crippen molar-refractivity contribution in [1.29, 1.82) is 0 Å². The summed E-state index contributed by atoms with van der Waals surface area (Å²) in [5.41, 5.74) is 14.0. The number of aryl methyl sites for hydroxylation is 2. The maximum Gasteiger partial charge on any atom is 0.253 e. The van der Waals surface area contributed by atoms with Gasteiger partial charge >= 0.3 is 0 Å². The molecule has 1 atom stereocenters. The Balaban J connectivity index is 1.47. The highest BCUT2D eigenvalue weighted by molar-refractivity contribution is 5.98. The van der Waals surface area contributed by atoms with Crippen molar-refractivity contribution in [2.75, 3.05) is 13.1 Å². The van der Waals surface area contributed by atoms with E-state index in [-0.39, 0.29) is 11.9 Å². The van der Waals surface area contributed by atoms with Crippen LogP contribution in [0.3, 0.4) is 0 Å². The highest BCUT2D eigenvalue weighted by atomic mass is 16.2. The van der Waals surface area contributed by atoms with Gasteiger partial charge in [-0.25, -0.2) is 4.98 Å². The fourth-order valence-electron chi connectivity index (χ4n) is 4.91. The normalized spacial score (nSPS) is 18.6. The lowest BCUT2D eigenvalue weighted by atomic mass is 10.0. The van der Waals surface area contributed by atoms with Crippen LogP contribution in [-0.4, -0.2) is 39.5 Å². The molecule has 3 aromatic rings. The smallest absolute Gasteiger partial charge is 0.253 e. The number of aromatic nitrogens is 2. The summed E-state index contributed by atoms with van der Waals surface area (Å²) in [6, 6.07) is 12.5. The second-order valence-corrected chi connectivity index (χ2v) is 8.54. The van der Waals surface area contributed by atoms with Crippen LogP contribution in [0.4, 0.5) is 0 Å². The molecule has 2 heterocycles. The summed E-state index contributed by atoms with van der Waals surface area (Å²) >= 11 is 0. The maximum absolute atomic E-state index is 13.0. The molecular weight excluding hydrogens is 372 g/mol. The molecule has 0 bridgehead atoms. The molecule has 0 spiro atoms. The summed E-state index contributed by atoms with van der Waals surface area (Å²) in [5, 5.41) is 0. The molecule has 1 fully saturated rings. The number of imidazole rings is 1. The summed E-state index contributed by atoms with van der Waals surface area (Å²) in [6.07, 6.45) is 6.17. The van der Waals surface area contributed by atoms with Gasteiger partial charge in [-0.15, -0.1) is 0 Å². The third-order valence-corrected chi connectivity index (χ3v) is 6.55. The molecule has 154 valence electrons. The second kappa shape index (κ2) is 7.40. The third kappa shape index (κ3) is 3.14. The molecule has 2 N–H and O–H groups in total. The van der Waals surface area contributed by atoms with Crippen LogP contribution in [0.2, 0.25) is 0 Å². The van der Waals surface area contributed by atoms with E-state index in [1.807, 2.05) is 23.1 Å². The molecule has 2 aromatic carbocycles.